The number of hydrogen-bond acceptors (Lipinski definition) is 1. The second-order valence-corrected chi connectivity index (χ2v) is 5.07. The first-order chi connectivity index (χ1) is 9.48. The van der Waals surface area contributed by atoms with Crippen LogP contribution in [0, 0.1) is 5.92 Å². The van der Waals surface area contributed by atoms with E-state index in [1.807, 2.05) is 0 Å². The smallest absolute Gasteiger partial charge is 0.349 e. The molecule has 0 spiro atoms. The van der Waals surface area contributed by atoms with Crippen molar-refractivity contribution in [3.8, 4) is 0 Å². The molecule has 1 aromatic rings. The number of hydrogen-bond donors (Lipinski definition) is 1. The first-order valence-corrected chi connectivity index (χ1v) is 6.07. The first-order valence-electron chi connectivity index (χ1n) is 6.07. The average Bonchev–Trinajstić information content (AvgIpc) is 2.65. The van der Waals surface area contributed by atoms with E-state index in [2.05, 4.69) is 5.32 Å². The van der Waals surface area contributed by atoms with Crippen molar-refractivity contribution in [3.63, 3.8) is 0 Å². The molecule has 1 fully saturated rings. The Bertz CT molecular complexity index is 531. The molecule has 1 aliphatic heterocycles. The molecule has 0 aromatic heterocycles. The van der Waals surface area contributed by atoms with Gasteiger partial charge in [0.1, 0.15) is 0 Å². The number of nitrogens with one attached hydrogen (secondary N) is 1. The summed E-state index contributed by atoms with van der Waals surface area (Å²) in [7, 11) is 0. The zero-order chi connectivity index (χ0) is 16.0. The normalized spacial score (nSPS) is 23.3. The Morgan fingerprint density at radius 1 is 1.00 bits per heavy atom. The van der Waals surface area contributed by atoms with E-state index in [4.69, 9.17) is 0 Å². The molecular weight excluding hydrogens is 300 g/mol. The Labute approximate surface area is 116 Å². The standard InChI is InChI=1S/C13H11F6NO/c1-6-2-10(21)20-11(6)7-3-8(12(14,15)16)5-9(4-7)13(17,18)19/h3-6,11H,2H2,1H3,(H,20,21). The Hall–Kier alpha value is -1.73. The van der Waals surface area contributed by atoms with E-state index in [1.54, 1.807) is 6.92 Å². The van der Waals surface area contributed by atoms with Crippen LogP contribution in [0.25, 0.3) is 0 Å². The number of halogens is 6. The lowest BCUT2D eigenvalue weighted by Crippen LogP contribution is -2.22. The van der Waals surface area contributed by atoms with Crippen LogP contribution >= 0.6 is 0 Å². The fraction of sp³-hybridized carbons (Fsp3) is 0.462. The van der Waals surface area contributed by atoms with Crippen LogP contribution in [-0.4, -0.2) is 5.91 Å². The van der Waals surface area contributed by atoms with Gasteiger partial charge in [-0.15, -0.1) is 0 Å². The highest BCUT2D eigenvalue weighted by Crippen LogP contribution is 2.39. The van der Waals surface area contributed by atoms with Crippen LogP contribution in [0.1, 0.15) is 36.1 Å². The summed E-state index contributed by atoms with van der Waals surface area (Å²) in [6, 6.07) is 0.537. The second-order valence-electron chi connectivity index (χ2n) is 5.07. The number of benzene rings is 1. The predicted molar refractivity (Wildman–Crippen MR) is 61.1 cm³/mol. The summed E-state index contributed by atoms with van der Waals surface area (Å²) in [6.07, 6.45) is -9.70. The van der Waals surface area contributed by atoms with Crippen LogP contribution in [0.5, 0.6) is 0 Å². The summed E-state index contributed by atoms with van der Waals surface area (Å²) >= 11 is 0. The van der Waals surface area contributed by atoms with Crippen LogP contribution in [0.3, 0.4) is 0 Å². The van der Waals surface area contributed by atoms with Gasteiger partial charge < -0.3 is 5.32 Å². The van der Waals surface area contributed by atoms with Crippen LogP contribution in [0.4, 0.5) is 26.3 Å². The maximum Gasteiger partial charge on any atom is 0.416 e. The molecule has 2 unspecified atom stereocenters. The fourth-order valence-electron chi connectivity index (χ4n) is 2.36. The Kier molecular flexibility index (Phi) is 3.67. The van der Waals surface area contributed by atoms with Crippen LogP contribution in [0.15, 0.2) is 18.2 Å². The molecule has 0 bridgehead atoms. The number of amides is 1. The molecule has 0 radical (unpaired) electrons. The number of rotatable bonds is 1. The van der Waals surface area contributed by atoms with Gasteiger partial charge in [0.25, 0.3) is 0 Å². The molecule has 2 rings (SSSR count). The SMILES string of the molecule is CC1CC(=O)NC1c1cc(C(F)(F)F)cc(C(F)(F)F)c1. The van der Waals surface area contributed by atoms with Gasteiger partial charge in [0.05, 0.1) is 17.2 Å². The maximum absolute atomic E-state index is 12.7. The van der Waals surface area contributed by atoms with Crippen molar-refractivity contribution in [1.82, 2.24) is 5.32 Å². The molecule has 21 heavy (non-hydrogen) atoms. The molecule has 0 saturated carbocycles. The molecule has 116 valence electrons. The molecule has 1 amide bonds. The van der Waals surface area contributed by atoms with Gasteiger partial charge in [0.2, 0.25) is 5.91 Å². The molecule has 2 atom stereocenters. The summed E-state index contributed by atoms with van der Waals surface area (Å²) in [4.78, 5) is 11.2. The lowest BCUT2D eigenvalue weighted by Gasteiger charge is -2.20. The third-order valence-electron chi connectivity index (χ3n) is 3.36. The fourth-order valence-corrected chi connectivity index (χ4v) is 2.36. The molecule has 1 aliphatic rings. The van der Waals surface area contributed by atoms with Gasteiger partial charge >= 0.3 is 12.4 Å². The Morgan fingerprint density at radius 3 is 1.81 bits per heavy atom. The summed E-state index contributed by atoms with van der Waals surface area (Å²) in [6.45, 7) is 1.59. The van der Waals surface area contributed by atoms with Crippen molar-refractivity contribution in [2.75, 3.05) is 0 Å². The Morgan fingerprint density at radius 2 is 1.48 bits per heavy atom. The van der Waals surface area contributed by atoms with Crippen molar-refractivity contribution in [3.05, 3.63) is 34.9 Å². The molecule has 1 N–H and O–H groups in total. The van der Waals surface area contributed by atoms with Crippen LogP contribution in [-0.2, 0) is 17.1 Å². The van der Waals surface area contributed by atoms with Crippen LogP contribution in [0.2, 0.25) is 0 Å². The highest BCUT2D eigenvalue weighted by atomic mass is 19.4. The summed E-state index contributed by atoms with van der Waals surface area (Å²) < 4.78 is 76.5. The van der Waals surface area contributed by atoms with Crippen LogP contribution < -0.4 is 5.32 Å². The van der Waals surface area contributed by atoms with E-state index in [0.717, 1.165) is 0 Å². The highest BCUT2D eigenvalue weighted by molar-refractivity contribution is 5.79. The second kappa shape index (κ2) is 4.92. The molecule has 0 aliphatic carbocycles. The van der Waals surface area contributed by atoms with Gasteiger partial charge in [-0.2, -0.15) is 26.3 Å². The maximum atomic E-state index is 12.7. The minimum Gasteiger partial charge on any atom is -0.349 e. The summed E-state index contributed by atoms with van der Waals surface area (Å²) in [5.74, 6) is -0.763. The lowest BCUT2D eigenvalue weighted by molar-refractivity contribution is -0.143. The molecular formula is C13H11F6NO. The molecule has 1 saturated heterocycles. The van der Waals surface area contributed by atoms with Crippen molar-refractivity contribution < 1.29 is 31.1 Å². The Balaban J connectivity index is 2.53. The minimum absolute atomic E-state index is 0.0717. The molecule has 1 heterocycles. The minimum atomic E-state index is -4.89. The molecule has 1 aromatic carbocycles. The molecule has 2 nitrogen and oxygen atoms in total. The molecule has 8 heteroatoms. The van der Waals surface area contributed by atoms with Crippen molar-refractivity contribution in [2.45, 2.75) is 31.7 Å². The third-order valence-corrected chi connectivity index (χ3v) is 3.36. The number of alkyl halides is 6. The van der Waals surface area contributed by atoms with E-state index < -0.39 is 35.4 Å². The van der Waals surface area contributed by atoms with Gasteiger partial charge in [-0.1, -0.05) is 6.92 Å². The van der Waals surface area contributed by atoms with E-state index in [0.29, 0.717) is 12.1 Å². The van der Waals surface area contributed by atoms with Gasteiger partial charge in [-0.25, -0.2) is 0 Å². The first kappa shape index (κ1) is 15.7. The van der Waals surface area contributed by atoms with E-state index in [1.165, 1.54) is 0 Å². The quantitative estimate of drug-likeness (QED) is 0.783. The predicted octanol–water partition coefficient (Wildman–Crippen LogP) is 3.92. The van der Waals surface area contributed by atoms with Crippen molar-refractivity contribution >= 4 is 5.91 Å². The zero-order valence-corrected chi connectivity index (χ0v) is 10.8. The summed E-state index contributed by atoms with van der Waals surface area (Å²) in [5.41, 5.74) is -2.93. The lowest BCUT2D eigenvalue weighted by atomic mass is 9.93. The number of carbonyl (C=O) groups is 1. The monoisotopic (exact) mass is 311 g/mol. The largest absolute Gasteiger partial charge is 0.416 e. The van der Waals surface area contributed by atoms with E-state index >= 15 is 0 Å². The topological polar surface area (TPSA) is 29.1 Å². The average molecular weight is 311 g/mol. The van der Waals surface area contributed by atoms with Crippen molar-refractivity contribution in [1.29, 1.82) is 0 Å². The van der Waals surface area contributed by atoms with Gasteiger partial charge in [0.15, 0.2) is 0 Å². The van der Waals surface area contributed by atoms with E-state index in [9.17, 15) is 31.1 Å². The zero-order valence-electron chi connectivity index (χ0n) is 10.8. The van der Waals surface area contributed by atoms with Crippen molar-refractivity contribution in [2.24, 2.45) is 5.92 Å². The highest BCUT2D eigenvalue weighted by Gasteiger charge is 2.39. The summed E-state index contributed by atoms with van der Waals surface area (Å²) in [5, 5.41) is 2.40. The number of carbonyl (C=O) groups excluding carboxylic acids is 1. The van der Waals surface area contributed by atoms with E-state index in [-0.39, 0.29) is 24.0 Å². The van der Waals surface area contributed by atoms with Gasteiger partial charge in [0, 0.05) is 6.42 Å². The van der Waals surface area contributed by atoms with Gasteiger partial charge in [-0.05, 0) is 29.7 Å². The van der Waals surface area contributed by atoms with Gasteiger partial charge in [-0.3, -0.25) is 4.79 Å². The third kappa shape index (κ3) is 3.30.